The van der Waals surface area contributed by atoms with Gasteiger partial charge in [-0.25, -0.2) is 17.8 Å². The van der Waals surface area contributed by atoms with Crippen molar-refractivity contribution in [1.82, 2.24) is 20.1 Å². The maximum atomic E-state index is 13.9. The Hall–Kier alpha value is -3.37. The fraction of sp³-hybridized carbons (Fsp3) is 0.227. The number of amides is 2. The van der Waals surface area contributed by atoms with Gasteiger partial charge in [0.1, 0.15) is 16.4 Å². The molecule has 0 aliphatic carbocycles. The highest BCUT2D eigenvalue weighted by molar-refractivity contribution is 7.89. The molecule has 8 nitrogen and oxygen atoms in total. The number of piperidine rings is 1. The first-order valence-electron chi connectivity index (χ1n) is 10.1. The van der Waals surface area contributed by atoms with Crippen molar-refractivity contribution >= 4 is 32.7 Å². The van der Waals surface area contributed by atoms with Crippen LogP contribution in [-0.2, 0) is 14.8 Å². The summed E-state index contributed by atoms with van der Waals surface area (Å²) in [4.78, 5) is 28.7. The molecule has 0 saturated carbocycles. The second-order valence-corrected chi connectivity index (χ2v) is 9.35. The molecule has 1 aliphatic rings. The van der Waals surface area contributed by atoms with Gasteiger partial charge in [-0.05, 0) is 37.1 Å². The topological polar surface area (TPSA) is 108 Å². The lowest BCUT2D eigenvalue weighted by atomic mass is 9.98. The minimum Gasteiger partial charge on any atom is -0.273 e. The normalized spacial score (nSPS) is 15.4. The van der Waals surface area contributed by atoms with Crippen molar-refractivity contribution in [3.05, 3.63) is 72.2 Å². The number of nitrogens with one attached hydrogen (secondary N) is 2. The van der Waals surface area contributed by atoms with Crippen molar-refractivity contribution in [1.29, 1.82) is 0 Å². The number of pyridine rings is 1. The zero-order chi connectivity index (χ0) is 22.7. The van der Waals surface area contributed by atoms with E-state index in [0.29, 0.717) is 5.52 Å². The molecule has 1 aromatic heterocycles. The second kappa shape index (κ2) is 9.01. The lowest BCUT2D eigenvalue weighted by Gasteiger charge is -2.30. The van der Waals surface area contributed by atoms with Gasteiger partial charge in [-0.1, -0.05) is 36.4 Å². The van der Waals surface area contributed by atoms with Gasteiger partial charge in [-0.2, -0.15) is 4.31 Å². The molecular weight excluding hydrogens is 435 g/mol. The van der Waals surface area contributed by atoms with Crippen molar-refractivity contribution < 1.29 is 22.4 Å². The summed E-state index contributed by atoms with van der Waals surface area (Å²) in [5.74, 6) is -2.25. The Morgan fingerprint density at radius 2 is 1.62 bits per heavy atom. The van der Waals surface area contributed by atoms with E-state index in [-0.39, 0.29) is 36.5 Å². The highest BCUT2D eigenvalue weighted by atomic mass is 32.2. The molecule has 32 heavy (non-hydrogen) atoms. The maximum Gasteiger partial charge on any atom is 0.288 e. The van der Waals surface area contributed by atoms with Crippen LogP contribution < -0.4 is 10.9 Å². The average Bonchev–Trinajstić information content (AvgIpc) is 2.82. The molecule has 10 heteroatoms. The molecule has 4 rings (SSSR count). The number of carbonyl (C=O) groups excluding carboxylic acids is 2. The zero-order valence-corrected chi connectivity index (χ0v) is 17.8. The van der Waals surface area contributed by atoms with Gasteiger partial charge < -0.3 is 0 Å². The number of hydrazine groups is 1. The summed E-state index contributed by atoms with van der Waals surface area (Å²) in [6.45, 7) is 0.157. The van der Waals surface area contributed by atoms with Crippen LogP contribution in [0.4, 0.5) is 4.39 Å². The Kier molecular flexibility index (Phi) is 6.15. The van der Waals surface area contributed by atoms with E-state index in [0.717, 1.165) is 11.5 Å². The molecule has 1 aliphatic heterocycles. The number of aromatic nitrogens is 1. The summed E-state index contributed by atoms with van der Waals surface area (Å²) in [6.07, 6.45) is 0.507. The van der Waals surface area contributed by atoms with Gasteiger partial charge in [0.15, 0.2) is 0 Å². The van der Waals surface area contributed by atoms with Gasteiger partial charge in [-0.15, -0.1) is 0 Å². The fourth-order valence-corrected chi connectivity index (χ4v) is 5.16. The molecule has 1 fully saturated rings. The Morgan fingerprint density at radius 1 is 0.938 bits per heavy atom. The number of halogens is 1. The Balaban J connectivity index is 1.32. The number of carbonyl (C=O) groups is 2. The molecule has 0 unspecified atom stereocenters. The van der Waals surface area contributed by atoms with Crippen LogP contribution in [0.15, 0.2) is 65.6 Å². The van der Waals surface area contributed by atoms with Crippen LogP contribution in [0.25, 0.3) is 10.9 Å². The van der Waals surface area contributed by atoms with Crippen LogP contribution >= 0.6 is 0 Å². The summed E-state index contributed by atoms with van der Waals surface area (Å²) in [6, 6.07) is 15.9. The lowest BCUT2D eigenvalue weighted by Crippen LogP contribution is -2.48. The molecule has 3 aromatic rings. The minimum absolute atomic E-state index is 0.0783. The van der Waals surface area contributed by atoms with Crippen LogP contribution in [-0.4, -0.2) is 42.6 Å². The van der Waals surface area contributed by atoms with Crippen LogP contribution in [0.5, 0.6) is 0 Å². The summed E-state index contributed by atoms with van der Waals surface area (Å²) in [5, 5.41) is 0.894. The summed E-state index contributed by atoms with van der Waals surface area (Å²) in [7, 11) is -3.97. The molecule has 2 amide bonds. The third-order valence-corrected chi connectivity index (χ3v) is 7.34. The van der Waals surface area contributed by atoms with Crippen LogP contribution in [0, 0.1) is 11.7 Å². The largest absolute Gasteiger partial charge is 0.288 e. The Morgan fingerprint density at radius 3 is 2.38 bits per heavy atom. The maximum absolute atomic E-state index is 13.9. The van der Waals surface area contributed by atoms with Crippen LogP contribution in [0.2, 0.25) is 0 Å². The number of rotatable bonds is 4. The number of para-hydroxylation sites is 1. The second-order valence-electron chi connectivity index (χ2n) is 7.44. The number of sulfonamides is 1. The molecule has 1 saturated heterocycles. The summed E-state index contributed by atoms with van der Waals surface area (Å²) in [5.41, 5.74) is 5.56. The summed E-state index contributed by atoms with van der Waals surface area (Å²) < 4.78 is 40.4. The monoisotopic (exact) mass is 456 g/mol. The average molecular weight is 456 g/mol. The Bertz CT molecular complexity index is 1270. The molecule has 2 aromatic carbocycles. The zero-order valence-electron chi connectivity index (χ0n) is 17.0. The standard InChI is InChI=1S/C22H21FN4O4S/c23-17-6-2-4-8-20(17)32(30,31)27-13-11-16(12-14-27)21(28)25-26-22(29)19-10-9-15-5-1-3-7-18(15)24-19/h1-10,16H,11-14H2,(H,25,28)(H,26,29). The molecule has 2 heterocycles. The smallest absolute Gasteiger partial charge is 0.273 e. The molecule has 0 radical (unpaired) electrons. The van der Waals surface area contributed by atoms with Crippen molar-refractivity contribution in [2.75, 3.05) is 13.1 Å². The number of nitrogens with zero attached hydrogens (tertiary/aromatic N) is 2. The number of hydrogen-bond donors (Lipinski definition) is 2. The van der Waals surface area contributed by atoms with E-state index < -0.39 is 33.6 Å². The molecule has 166 valence electrons. The van der Waals surface area contributed by atoms with E-state index in [1.54, 1.807) is 18.2 Å². The predicted molar refractivity (Wildman–Crippen MR) is 115 cm³/mol. The van der Waals surface area contributed by atoms with Crippen molar-refractivity contribution in [2.45, 2.75) is 17.7 Å². The van der Waals surface area contributed by atoms with E-state index in [1.807, 2.05) is 18.2 Å². The molecular formula is C22H21FN4O4S. The predicted octanol–water partition coefficient (Wildman–Crippen LogP) is 2.24. The van der Waals surface area contributed by atoms with Gasteiger partial charge >= 0.3 is 0 Å². The Labute approximate surface area is 184 Å². The third kappa shape index (κ3) is 4.46. The number of fused-ring (bicyclic) bond motifs is 1. The quantitative estimate of drug-likeness (QED) is 0.586. The number of benzene rings is 2. The highest BCUT2D eigenvalue weighted by Gasteiger charge is 2.33. The molecule has 0 bridgehead atoms. The fourth-order valence-electron chi connectivity index (χ4n) is 3.63. The van der Waals surface area contributed by atoms with Crippen LogP contribution in [0.1, 0.15) is 23.3 Å². The first kappa shape index (κ1) is 21.8. The van der Waals surface area contributed by atoms with Crippen LogP contribution in [0.3, 0.4) is 0 Å². The van der Waals surface area contributed by atoms with Gasteiger partial charge in [0.05, 0.1) is 5.52 Å². The molecule has 0 spiro atoms. The van der Waals surface area contributed by atoms with E-state index >= 15 is 0 Å². The van der Waals surface area contributed by atoms with E-state index in [9.17, 15) is 22.4 Å². The number of hydrogen-bond acceptors (Lipinski definition) is 5. The van der Waals surface area contributed by atoms with Crippen molar-refractivity contribution in [2.24, 2.45) is 5.92 Å². The van der Waals surface area contributed by atoms with Crippen molar-refractivity contribution in [3.8, 4) is 0 Å². The highest BCUT2D eigenvalue weighted by Crippen LogP contribution is 2.25. The first-order valence-corrected chi connectivity index (χ1v) is 11.5. The van der Waals surface area contributed by atoms with E-state index in [1.165, 1.54) is 22.5 Å². The van der Waals surface area contributed by atoms with E-state index in [2.05, 4.69) is 15.8 Å². The lowest BCUT2D eigenvalue weighted by molar-refractivity contribution is -0.126. The summed E-state index contributed by atoms with van der Waals surface area (Å²) >= 11 is 0. The van der Waals surface area contributed by atoms with Gasteiger partial charge in [0, 0.05) is 24.4 Å². The SMILES string of the molecule is O=C(NNC(=O)C1CCN(S(=O)(=O)c2ccccc2F)CC1)c1ccc2ccccc2n1. The van der Waals surface area contributed by atoms with Gasteiger partial charge in [0.25, 0.3) is 5.91 Å². The minimum atomic E-state index is -3.97. The van der Waals surface area contributed by atoms with Crippen molar-refractivity contribution in [3.63, 3.8) is 0 Å². The van der Waals surface area contributed by atoms with Gasteiger partial charge in [0.2, 0.25) is 15.9 Å². The van der Waals surface area contributed by atoms with Gasteiger partial charge in [-0.3, -0.25) is 20.4 Å². The third-order valence-electron chi connectivity index (χ3n) is 5.41. The molecule has 2 N–H and O–H groups in total. The molecule has 0 atom stereocenters. The van der Waals surface area contributed by atoms with E-state index in [4.69, 9.17) is 0 Å². The first-order chi connectivity index (χ1) is 15.4.